The Morgan fingerprint density at radius 2 is 2.29 bits per heavy atom. The zero-order valence-electron chi connectivity index (χ0n) is 9.87. The van der Waals surface area contributed by atoms with Gasteiger partial charge in [-0.2, -0.15) is 0 Å². The molecule has 1 aromatic rings. The molecule has 0 saturated carbocycles. The summed E-state index contributed by atoms with van der Waals surface area (Å²) in [6.45, 7) is 3.90. The Morgan fingerprint density at radius 1 is 1.53 bits per heavy atom. The summed E-state index contributed by atoms with van der Waals surface area (Å²) in [6, 6.07) is 7.38. The number of anilines is 1. The summed E-state index contributed by atoms with van der Waals surface area (Å²) >= 11 is 5.70. The minimum atomic E-state index is -0.648. The molecular weight excluding hydrogens is 240 g/mol. The number of carbonyl (C=O) groups is 1. The molecule has 1 N–H and O–H groups in total. The van der Waals surface area contributed by atoms with Gasteiger partial charge in [-0.1, -0.05) is 35.8 Å². The Hall–Kier alpha value is -1.55. The van der Waals surface area contributed by atoms with Crippen LogP contribution in [0.2, 0.25) is 0 Å². The molecule has 0 heterocycles. The van der Waals surface area contributed by atoms with Gasteiger partial charge in [-0.3, -0.25) is 10.2 Å². The number of carbonyl (C=O) groups excluding carboxylic acids is 1. The molecule has 5 heteroatoms. The highest BCUT2D eigenvalue weighted by atomic mass is 35.5. The second-order valence-electron chi connectivity index (χ2n) is 3.59. The van der Waals surface area contributed by atoms with E-state index in [0.717, 1.165) is 12.0 Å². The lowest BCUT2D eigenvalue weighted by atomic mass is 10.2. The monoisotopic (exact) mass is 254 g/mol. The molecule has 1 amide bonds. The van der Waals surface area contributed by atoms with Crippen molar-refractivity contribution in [3.05, 3.63) is 29.8 Å². The predicted octanol–water partition coefficient (Wildman–Crippen LogP) is 3.90. The van der Waals surface area contributed by atoms with Crippen molar-refractivity contribution in [2.45, 2.75) is 26.7 Å². The molecule has 92 valence electrons. The topological polar surface area (TPSA) is 50.7 Å². The molecule has 0 aliphatic heterocycles. The van der Waals surface area contributed by atoms with Crippen LogP contribution < -0.4 is 5.32 Å². The van der Waals surface area contributed by atoms with Gasteiger partial charge in [0.05, 0.1) is 0 Å². The molecule has 1 rings (SSSR count). The first-order chi connectivity index (χ1) is 8.11. The van der Waals surface area contributed by atoms with Gasteiger partial charge in [0.1, 0.15) is 5.17 Å². The third-order valence-electron chi connectivity index (χ3n) is 1.95. The fourth-order valence-corrected chi connectivity index (χ4v) is 1.43. The summed E-state index contributed by atoms with van der Waals surface area (Å²) in [6.07, 6.45) is 0.801. The van der Waals surface area contributed by atoms with Crippen molar-refractivity contribution in [1.29, 1.82) is 0 Å². The van der Waals surface area contributed by atoms with E-state index in [-0.39, 0.29) is 5.17 Å². The summed E-state index contributed by atoms with van der Waals surface area (Å²) < 4.78 is 0. The number of halogens is 1. The Labute approximate surface area is 106 Å². The van der Waals surface area contributed by atoms with Gasteiger partial charge in [0.2, 0.25) is 0 Å². The maximum absolute atomic E-state index is 11.3. The molecule has 0 aliphatic carbocycles. The second kappa shape index (κ2) is 6.91. The highest BCUT2D eigenvalue weighted by Gasteiger charge is 2.03. The summed E-state index contributed by atoms with van der Waals surface area (Å²) in [4.78, 5) is 15.9. The van der Waals surface area contributed by atoms with Gasteiger partial charge in [-0.05, 0) is 31.0 Å². The maximum Gasteiger partial charge on any atom is 0.437 e. The van der Waals surface area contributed by atoms with Crippen LogP contribution in [-0.2, 0) is 4.84 Å². The minimum absolute atomic E-state index is 0.284. The molecule has 0 aliphatic rings. The first kappa shape index (κ1) is 13.5. The second-order valence-corrected chi connectivity index (χ2v) is 4.03. The van der Waals surface area contributed by atoms with Crippen LogP contribution in [0.5, 0.6) is 0 Å². The Balaban J connectivity index is 2.47. The zero-order chi connectivity index (χ0) is 12.7. The molecule has 4 nitrogen and oxygen atoms in total. The van der Waals surface area contributed by atoms with Gasteiger partial charge in [0, 0.05) is 12.1 Å². The maximum atomic E-state index is 11.3. The Bertz CT molecular complexity index is 419. The van der Waals surface area contributed by atoms with E-state index >= 15 is 0 Å². The van der Waals surface area contributed by atoms with Gasteiger partial charge in [-0.15, -0.1) is 0 Å². The van der Waals surface area contributed by atoms with Crippen LogP contribution in [0.4, 0.5) is 10.5 Å². The normalized spacial score (nSPS) is 11.1. The van der Waals surface area contributed by atoms with Gasteiger partial charge >= 0.3 is 6.09 Å². The quantitative estimate of drug-likeness (QED) is 0.503. The van der Waals surface area contributed by atoms with Crippen LogP contribution in [-0.4, -0.2) is 11.3 Å². The highest BCUT2D eigenvalue weighted by Crippen LogP contribution is 2.09. The molecule has 1 aromatic carbocycles. The van der Waals surface area contributed by atoms with Crippen molar-refractivity contribution in [2.24, 2.45) is 5.16 Å². The lowest BCUT2D eigenvalue weighted by Crippen LogP contribution is -2.11. The van der Waals surface area contributed by atoms with Crippen LogP contribution in [0.1, 0.15) is 25.3 Å². The van der Waals surface area contributed by atoms with E-state index < -0.39 is 6.09 Å². The summed E-state index contributed by atoms with van der Waals surface area (Å²) in [5.74, 6) is 0. The number of nitrogens with one attached hydrogen (secondary N) is 1. The van der Waals surface area contributed by atoms with E-state index in [0.29, 0.717) is 12.1 Å². The molecule has 0 saturated heterocycles. The fraction of sp³-hybridized carbons (Fsp3) is 0.333. The molecule has 0 spiro atoms. The molecule has 0 bridgehead atoms. The molecule has 0 unspecified atom stereocenters. The number of nitrogens with zero attached hydrogens (tertiary/aromatic N) is 1. The minimum Gasteiger partial charge on any atom is -0.297 e. The van der Waals surface area contributed by atoms with Gasteiger partial charge in [0.25, 0.3) is 0 Å². The fourth-order valence-electron chi connectivity index (χ4n) is 1.21. The molecule has 0 atom stereocenters. The van der Waals surface area contributed by atoms with E-state index in [9.17, 15) is 4.79 Å². The lowest BCUT2D eigenvalue weighted by molar-refractivity contribution is 0.166. The smallest absolute Gasteiger partial charge is 0.297 e. The van der Waals surface area contributed by atoms with E-state index in [4.69, 9.17) is 11.6 Å². The van der Waals surface area contributed by atoms with Crippen molar-refractivity contribution in [3.8, 4) is 0 Å². The number of rotatable bonds is 4. The number of benzene rings is 1. The predicted molar refractivity (Wildman–Crippen MR) is 69.5 cm³/mol. The SMILES string of the molecule is CCCC(Cl)=NOC(=O)Nc1cccc(C)c1. The lowest BCUT2D eigenvalue weighted by Gasteiger charge is -2.03. The third-order valence-corrected chi connectivity index (χ3v) is 2.21. The average Bonchev–Trinajstić information content (AvgIpc) is 2.27. The van der Waals surface area contributed by atoms with Crippen LogP contribution in [0.25, 0.3) is 0 Å². The Kier molecular flexibility index (Phi) is 5.49. The number of amides is 1. The van der Waals surface area contributed by atoms with E-state index in [1.54, 1.807) is 6.07 Å². The summed E-state index contributed by atoms with van der Waals surface area (Å²) in [7, 11) is 0. The van der Waals surface area contributed by atoms with Crippen LogP contribution in [0.3, 0.4) is 0 Å². The van der Waals surface area contributed by atoms with Gasteiger partial charge in [0.15, 0.2) is 0 Å². The van der Waals surface area contributed by atoms with Crippen LogP contribution >= 0.6 is 11.6 Å². The first-order valence-corrected chi connectivity index (χ1v) is 5.76. The first-order valence-electron chi connectivity index (χ1n) is 5.39. The number of hydrogen-bond acceptors (Lipinski definition) is 3. The van der Waals surface area contributed by atoms with Crippen molar-refractivity contribution in [2.75, 3.05) is 5.32 Å². The van der Waals surface area contributed by atoms with E-state index in [1.807, 2.05) is 32.0 Å². The molecule has 0 aromatic heterocycles. The standard InChI is InChI=1S/C12H15ClN2O2/c1-3-5-11(13)15-17-12(16)14-10-7-4-6-9(2)8-10/h4,6-8H,3,5H2,1-2H3,(H,14,16). The van der Waals surface area contributed by atoms with Crippen molar-refractivity contribution in [1.82, 2.24) is 0 Å². The number of oxime groups is 1. The number of hydrogen-bond donors (Lipinski definition) is 1. The molecule has 0 radical (unpaired) electrons. The van der Waals surface area contributed by atoms with Crippen molar-refractivity contribution in [3.63, 3.8) is 0 Å². The molecular formula is C12H15ClN2O2. The third kappa shape index (κ3) is 5.36. The average molecular weight is 255 g/mol. The summed E-state index contributed by atoms with van der Waals surface area (Å²) in [5, 5.41) is 6.34. The zero-order valence-corrected chi connectivity index (χ0v) is 10.6. The Morgan fingerprint density at radius 3 is 2.94 bits per heavy atom. The van der Waals surface area contributed by atoms with Gasteiger partial charge in [-0.25, -0.2) is 4.79 Å². The van der Waals surface area contributed by atoms with Crippen molar-refractivity contribution < 1.29 is 9.63 Å². The van der Waals surface area contributed by atoms with Crippen molar-refractivity contribution >= 4 is 28.6 Å². The van der Waals surface area contributed by atoms with E-state index in [1.165, 1.54) is 0 Å². The summed E-state index contributed by atoms with van der Waals surface area (Å²) in [5.41, 5.74) is 1.71. The highest BCUT2D eigenvalue weighted by molar-refractivity contribution is 6.65. The molecule has 17 heavy (non-hydrogen) atoms. The van der Waals surface area contributed by atoms with Crippen LogP contribution in [0.15, 0.2) is 29.4 Å². The largest absolute Gasteiger partial charge is 0.437 e. The molecule has 0 fully saturated rings. The van der Waals surface area contributed by atoms with Crippen LogP contribution in [0, 0.1) is 6.92 Å². The van der Waals surface area contributed by atoms with Gasteiger partial charge < -0.3 is 0 Å². The van der Waals surface area contributed by atoms with E-state index in [2.05, 4.69) is 15.3 Å². The number of aryl methyl sites for hydroxylation is 1.